The average Bonchev–Trinajstić information content (AvgIpc) is 3.08. The van der Waals surface area contributed by atoms with E-state index in [0.29, 0.717) is 17.4 Å². The predicted molar refractivity (Wildman–Crippen MR) is 94.5 cm³/mol. The van der Waals surface area contributed by atoms with Gasteiger partial charge in [0, 0.05) is 18.2 Å². The number of carbonyl (C=O) groups is 1. The molecule has 26 heavy (non-hydrogen) atoms. The summed E-state index contributed by atoms with van der Waals surface area (Å²) in [5, 5.41) is 12.2. The van der Waals surface area contributed by atoms with Gasteiger partial charge in [-0.1, -0.05) is 32.9 Å². The van der Waals surface area contributed by atoms with E-state index in [-0.39, 0.29) is 29.1 Å². The topological polar surface area (TPSA) is 63.9 Å². The normalized spacial score (nSPS) is 26.9. The Hall–Kier alpha value is -2.31. The number of fused-ring (bicyclic) bond motifs is 2. The van der Waals surface area contributed by atoms with Gasteiger partial charge >= 0.3 is 0 Å². The second-order valence-corrected chi connectivity index (χ2v) is 8.89. The maximum absolute atomic E-state index is 13.4. The highest BCUT2D eigenvalue weighted by Crippen LogP contribution is 2.52. The van der Waals surface area contributed by atoms with E-state index in [2.05, 4.69) is 36.2 Å². The van der Waals surface area contributed by atoms with E-state index in [1.807, 2.05) is 4.90 Å². The molecule has 1 saturated carbocycles. The van der Waals surface area contributed by atoms with Crippen molar-refractivity contribution in [2.24, 2.45) is 10.8 Å². The number of aromatic nitrogens is 4. The van der Waals surface area contributed by atoms with Crippen molar-refractivity contribution >= 4 is 5.91 Å². The molecule has 1 aromatic heterocycles. The zero-order valence-electron chi connectivity index (χ0n) is 15.4. The number of hydrogen-bond acceptors (Lipinski definition) is 4. The van der Waals surface area contributed by atoms with Gasteiger partial charge in [0.15, 0.2) is 0 Å². The second-order valence-electron chi connectivity index (χ2n) is 8.89. The maximum Gasteiger partial charge on any atom is 0.246 e. The zero-order chi connectivity index (χ0) is 18.5. The van der Waals surface area contributed by atoms with Crippen LogP contribution in [0.3, 0.4) is 0 Å². The first-order valence-electron chi connectivity index (χ1n) is 9.06. The van der Waals surface area contributed by atoms with Crippen LogP contribution in [0.15, 0.2) is 24.3 Å². The van der Waals surface area contributed by atoms with E-state index >= 15 is 0 Å². The van der Waals surface area contributed by atoms with Crippen LogP contribution in [-0.4, -0.2) is 43.6 Å². The molecule has 1 aromatic carbocycles. The molecule has 2 bridgehead atoms. The fraction of sp³-hybridized carbons (Fsp3) is 0.579. The van der Waals surface area contributed by atoms with Gasteiger partial charge in [0.25, 0.3) is 0 Å². The lowest BCUT2D eigenvalue weighted by atomic mass is 9.65. The summed E-state index contributed by atoms with van der Waals surface area (Å²) in [7, 11) is 0. The molecule has 1 aliphatic carbocycles. The third-order valence-electron chi connectivity index (χ3n) is 5.55. The molecule has 2 atom stereocenters. The maximum atomic E-state index is 13.4. The van der Waals surface area contributed by atoms with Crippen molar-refractivity contribution in [3.05, 3.63) is 30.1 Å². The number of likely N-dealkylation sites (tertiary alicyclic amines) is 1. The lowest BCUT2D eigenvalue weighted by Crippen LogP contribution is -2.39. The molecule has 2 fully saturated rings. The number of carbonyl (C=O) groups excluding carboxylic acids is 1. The molecule has 6 nitrogen and oxygen atoms in total. The molecular formula is C19H24FN5O. The van der Waals surface area contributed by atoms with Crippen LogP contribution in [0.1, 0.15) is 40.0 Å². The van der Waals surface area contributed by atoms with E-state index in [4.69, 9.17) is 0 Å². The van der Waals surface area contributed by atoms with Crippen LogP contribution in [0.5, 0.6) is 0 Å². The number of benzene rings is 1. The van der Waals surface area contributed by atoms with E-state index in [9.17, 15) is 9.18 Å². The fourth-order valence-electron chi connectivity index (χ4n) is 5.02. The predicted octanol–water partition coefficient (Wildman–Crippen LogP) is 2.91. The van der Waals surface area contributed by atoms with Gasteiger partial charge in [-0.05, 0) is 47.4 Å². The van der Waals surface area contributed by atoms with Crippen molar-refractivity contribution in [2.45, 2.75) is 52.6 Å². The Morgan fingerprint density at radius 2 is 2.12 bits per heavy atom. The number of amides is 1. The molecule has 4 rings (SSSR count). The molecule has 0 spiro atoms. The standard InChI is InChI=1S/C19H24FN5O/c1-18(2)8-15-9-19(3,11-18)12-24(15)16(26)10-25-22-17(21-23-25)13-5-4-6-14(20)7-13/h4-7,15H,8-12H2,1-3H3/t15-,19-/m0/s1. The van der Waals surface area contributed by atoms with Gasteiger partial charge in [-0.25, -0.2) is 4.39 Å². The van der Waals surface area contributed by atoms with Gasteiger partial charge in [0.05, 0.1) is 0 Å². The summed E-state index contributed by atoms with van der Waals surface area (Å²) in [5.74, 6) is 0.000281. The minimum absolute atomic E-state index is 0.0274. The third-order valence-corrected chi connectivity index (χ3v) is 5.55. The highest BCUT2D eigenvalue weighted by atomic mass is 19.1. The van der Waals surface area contributed by atoms with Crippen molar-refractivity contribution in [3.8, 4) is 11.4 Å². The lowest BCUT2D eigenvalue weighted by Gasteiger charge is -2.39. The molecule has 0 unspecified atom stereocenters. The Morgan fingerprint density at radius 1 is 1.31 bits per heavy atom. The van der Waals surface area contributed by atoms with Gasteiger partial charge in [0.1, 0.15) is 12.4 Å². The third kappa shape index (κ3) is 3.22. The quantitative estimate of drug-likeness (QED) is 0.847. The van der Waals surface area contributed by atoms with Gasteiger partial charge in [0.2, 0.25) is 11.7 Å². The van der Waals surface area contributed by atoms with Crippen LogP contribution < -0.4 is 0 Å². The molecule has 0 N–H and O–H groups in total. The summed E-state index contributed by atoms with van der Waals surface area (Å²) in [5.41, 5.74) is 1.02. The molecule has 2 aromatic rings. The highest BCUT2D eigenvalue weighted by molar-refractivity contribution is 5.76. The Bertz CT molecular complexity index is 848. The monoisotopic (exact) mass is 357 g/mol. The van der Waals surface area contributed by atoms with Crippen LogP contribution in [-0.2, 0) is 11.3 Å². The van der Waals surface area contributed by atoms with Gasteiger partial charge in [-0.3, -0.25) is 4.79 Å². The highest BCUT2D eigenvalue weighted by Gasteiger charge is 2.50. The number of halogens is 1. The number of tetrazole rings is 1. The van der Waals surface area contributed by atoms with Gasteiger partial charge in [-0.2, -0.15) is 4.80 Å². The Balaban J connectivity index is 1.48. The lowest BCUT2D eigenvalue weighted by molar-refractivity contribution is -0.133. The molecule has 1 saturated heterocycles. The molecule has 7 heteroatoms. The van der Waals surface area contributed by atoms with E-state index in [0.717, 1.165) is 25.8 Å². The molecule has 0 radical (unpaired) electrons. The van der Waals surface area contributed by atoms with E-state index < -0.39 is 0 Å². The minimum atomic E-state index is -0.352. The first-order valence-corrected chi connectivity index (χ1v) is 9.06. The van der Waals surface area contributed by atoms with Crippen LogP contribution in [0.25, 0.3) is 11.4 Å². The van der Waals surface area contributed by atoms with E-state index in [1.54, 1.807) is 12.1 Å². The number of hydrogen-bond donors (Lipinski definition) is 0. The zero-order valence-corrected chi connectivity index (χ0v) is 15.4. The molecule has 1 aliphatic heterocycles. The molecular weight excluding hydrogens is 333 g/mol. The smallest absolute Gasteiger partial charge is 0.246 e. The largest absolute Gasteiger partial charge is 0.337 e. The number of nitrogens with zero attached hydrogens (tertiary/aromatic N) is 5. The van der Waals surface area contributed by atoms with E-state index in [1.165, 1.54) is 16.9 Å². The molecule has 2 aliphatic rings. The van der Waals surface area contributed by atoms with Crippen molar-refractivity contribution < 1.29 is 9.18 Å². The van der Waals surface area contributed by atoms with Crippen molar-refractivity contribution in [2.75, 3.05) is 6.54 Å². The summed E-state index contributed by atoms with van der Waals surface area (Å²) in [6.07, 6.45) is 3.25. The summed E-state index contributed by atoms with van der Waals surface area (Å²) in [6.45, 7) is 7.72. The van der Waals surface area contributed by atoms with Crippen LogP contribution in [0, 0.1) is 16.6 Å². The summed E-state index contributed by atoms with van der Waals surface area (Å²) in [4.78, 5) is 16.2. The Labute approximate surface area is 152 Å². The van der Waals surface area contributed by atoms with Gasteiger partial charge in [-0.15, -0.1) is 10.2 Å². The Kier molecular flexibility index (Phi) is 3.86. The average molecular weight is 357 g/mol. The van der Waals surface area contributed by atoms with Crippen molar-refractivity contribution in [1.29, 1.82) is 0 Å². The summed E-state index contributed by atoms with van der Waals surface area (Å²) < 4.78 is 13.4. The SMILES string of the molecule is CC1(C)C[C@H]2C[C@](C)(CN2C(=O)Cn2nnc(-c3cccc(F)c3)n2)C1. The fourth-order valence-corrected chi connectivity index (χ4v) is 5.02. The summed E-state index contributed by atoms with van der Waals surface area (Å²) >= 11 is 0. The van der Waals surface area contributed by atoms with Crippen LogP contribution >= 0.6 is 0 Å². The van der Waals surface area contributed by atoms with Crippen molar-refractivity contribution in [3.63, 3.8) is 0 Å². The van der Waals surface area contributed by atoms with Crippen LogP contribution in [0.2, 0.25) is 0 Å². The second kappa shape index (κ2) is 5.86. The molecule has 1 amide bonds. The van der Waals surface area contributed by atoms with Crippen LogP contribution in [0.4, 0.5) is 4.39 Å². The molecule has 2 heterocycles. The van der Waals surface area contributed by atoms with Crippen molar-refractivity contribution in [1.82, 2.24) is 25.1 Å². The molecule has 138 valence electrons. The Morgan fingerprint density at radius 3 is 2.88 bits per heavy atom. The summed E-state index contributed by atoms with van der Waals surface area (Å²) in [6, 6.07) is 6.34. The van der Waals surface area contributed by atoms with Gasteiger partial charge < -0.3 is 4.90 Å². The number of rotatable bonds is 3. The first-order chi connectivity index (χ1) is 12.2. The first kappa shape index (κ1) is 17.1. The minimum Gasteiger partial charge on any atom is -0.337 e.